The Morgan fingerprint density at radius 2 is 1.79 bits per heavy atom. The minimum Gasteiger partial charge on any atom is -0.381 e. The number of aromatic nitrogens is 3. The normalized spacial score (nSPS) is 15.1. The second kappa shape index (κ2) is 10.4. The van der Waals surface area contributed by atoms with E-state index < -0.39 is 10.0 Å². The van der Waals surface area contributed by atoms with Crippen LogP contribution < -0.4 is 15.4 Å². The van der Waals surface area contributed by atoms with E-state index in [1.807, 2.05) is 11.6 Å². The van der Waals surface area contributed by atoms with Crippen molar-refractivity contribution < 1.29 is 13.2 Å². The van der Waals surface area contributed by atoms with Gasteiger partial charge in [0.15, 0.2) is 5.65 Å². The van der Waals surface area contributed by atoms with E-state index in [1.54, 1.807) is 36.7 Å². The molecule has 2 aromatic heterocycles. The van der Waals surface area contributed by atoms with Gasteiger partial charge in [0.05, 0.1) is 29.1 Å². The number of benzene rings is 1. The van der Waals surface area contributed by atoms with Crippen LogP contribution in [-0.4, -0.2) is 41.4 Å². The molecule has 1 fully saturated rings. The highest BCUT2D eigenvalue weighted by molar-refractivity contribution is 7.92. The van der Waals surface area contributed by atoms with Gasteiger partial charge in [-0.15, -0.1) is 0 Å². The molecule has 0 bridgehead atoms. The number of nitrogens with zero attached hydrogens (tertiary/aromatic N) is 3. The van der Waals surface area contributed by atoms with Crippen LogP contribution >= 0.6 is 0 Å². The summed E-state index contributed by atoms with van der Waals surface area (Å²) in [6.45, 7) is 3.03. The summed E-state index contributed by atoms with van der Waals surface area (Å²) in [6.07, 6.45) is 11.6. The molecule has 1 saturated carbocycles. The molecule has 34 heavy (non-hydrogen) atoms. The zero-order chi connectivity index (χ0) is 24.1. The van der Waals surface area contributed by atoms with Crippen molar-refractivity contribution >= 4 is 38.3 Å². The Hall–Kier alpha value is -3.14. The number of rotatable bonds is 8. The van der Waals surface area contributed by atoms with Gasteiger partial charge >= 0.3 is 0 Å². The number of anilines is 2. The van der Waals surface area contributed by atoms with Gasteiger partial charge in [-0.25, -0.2) is 18.1 Å². The Morgan fingerprint density at radius 3 is 2.44 bits per heavy atom. The number of aryl methyl sites for hydroxylation is 1. The van der Waals surface area contributed by atoms with Crippen molar-refractivity contribution in [2.75, 3.05) is 16.3 Å². The number of hydrogen-bond donors (Lipinski definition) is 3. The van der Waals surface area contributed by atoms with Crippen LogP contribution in [-0.2, 0) is 23.1 Å². The monoisotopic (exact) mass is 484 g/mol. The Bertz CT molecular complexity index is 1250. The average Bonchev–Trinajstić information content (AvgIpc) is 3.06. The molecule has 9 nitrogen and oxygen atoms in total. The maximum Gasteiger partial charge on any atom is 0.255 e. The van der Waals surface area contributed by atoms with Crippen molar-refractivity contribution in [3.63, 3.8) is 0 Å². The van der Waals surface area contributed by atoms with Crippen molar-refractivity contribution in [1.29, 1.82) is 0 Å². The molecule has 1 aliphatic rings. The number of pyridine rings is 1. The lowest BCUT2D eigenvalue weighted by Crippen LogP contribution is -2.26. The zero-order valence-corrected chi connectivity index (χ0v) is 20.5. The molecule has 0 saturated heterocycles. The Kier molecular flexibility index (Phi) is 7.35. The highest BCUT2D eigenvalue weighted by atomic mass is 32.2. The summed E-state index contributed by atoms with van der Waals surface area (Å²) in [5.41, 5.74) is 3.40. The predicted molar refractivity (Wildman–Crippen MR) is 134 cm³/mol. The quantitative estimate of drug-likeness (QED) is 0.418. The summed E-state index contributed by atoms with van der Waals surface area (Å²) < 4.78 is 27.0. The SMILES string of the molecule is CCn1ncc2c(NC3CCCCCC3)c(C(=O)NCc3ccc(NS(C)(=O)=O)cc3)cnc21. The third kappa shape index (κ3) is 5.85. The molecule has 1 aromatic carbocycles. The minimum atomic E-state index is -3.33. The van der Waals surface area contributed by atoms with Gasteiger partial charge in [-0.3, -0.25) is 9.52 Å². The molecule has 0 spiro atoms. The second-order valence-corrected chi connectivity index (χ2v) is 10.6. The van der Waals surface area contributed by atoms with Gasteiger partial charge in [-0.2, -0.15) is 5.10 Å². The number of hydrogen-bond acceptors (Lipinski definition) is 6. The highest BCUT2D eigenvalue weighted by Crippen LogP contribution is 2.29. The molecule has 1 aliphatic carbocycles. The van der Waals surface area contributed by atoms with E-state index >= 15 is 0 Å². The molecule has 3 N–H and O–H groups in total. The van der Waals surface area contributed by atoms with Crippen molar-refractivity contribution in [2.45, 2.75) is 64.6 Å². The number of carbonyl (C=O) groups is 1. The van der Waals surface area contributed by atoms with Gasteiger partial charge in [0.1, 0.15) is 0 Å². The Labute approximate surface area is 200 Å². The van der Waals surface area contributed by atoms with E-state index in [9.17, 15) is 13.2 Å². The maximum atomic E-state index is 13.2. The van der Waals surface area contributed by atoms with Crippen molar-refractivity contribution in [1.82, 2.24) is 20.1 Å². The zero-order valence-electron chi connectivity index (χ0n) is 19.7. The van der Waals surface area contributed by atoms with E-state index in [0.29, 0.717) is 30.4 Å². The summed E-state index contributed by atoms with van der Waals surface area (Å²) in [5, 5.41) is 11.9. The second-order valence-electron chi connectivity index (χ2n) is 8.83. The van der Waals surface area contributed by atoms with Gasteiger partial charge in [0.2, 0.25) is 10.0 Å². The summed E-state index contributed by atoms with van der Waals surface area (Å²) in [6, 6.07) is 7.23. The molecule has 1 amide bonds. The summed E-state index contributed by atoms with van der Waals surface area (Å²) in [4.78, 5) is 17.8. The Balaban J connectivity index is 1.54. The molecule has 0 atom stereocenters. The van der Waals surface area contributed by atoms with Gasteiger partial charge in [-0.05, 0) is 37.5 Å². The van der Waals surface area contributed by atoms with Crippen molar-refractivity contribution in [3.05, 3.63) is 47.8 Å². The van der Waals surface area contributed by atoms with Crippen LogP contribution in [0.3, 0.4) is 0 Å². The van der Waals surface area contributed by atoms with Crippen molar-refractivity contribution in [3.8, 4) is 0 Å². The fraction of sp³-hybridized carbons (Fsp3) is 0.458. The molecule has 3 aromatic rings. The molecule has 0 aliphatic heterocycles. The fourth-order valence-electron chi connectivity index (χ4n) is 4.40. The summed E-state index contributed by atoms with van der Waals surface area (Å²) >= 11 is 0. The first-order chi connectivity index (χ1) is 16.3. The van der Waals surface area contributed by atoms with Gasteiger partial charge in [0.25, 0.3) is 5.91 Å². The largest absolute Gasteiger partial charge is 0.381 e. The van der Waals surface area contributed by atoms with Crippen LogP contribution in [0.15, 0.2) is 36.7 Å². The third-order valence-corrected chi connectivity index (χ3v) is 6.73. The third-order valence-electron chi connectivity index (χ3n) is 6.12. The van der Waals surface area contributed by atoms with E-state index in [2.05, 4.69) is 25.4 Å². The summed E-state index contributed by atoms with van der Waals surface area (Å²) in [5.74, 6) is -0.215. The van der Waals surface area contributed by atoms with Gasteiger partial charge < -0.3 is 10.6 Å². The lowest BCUT2D eigenvalue weighted by Gasteiger charge is -2.20. The molecule has 10 heteroatoms. The number of fused-ring (bicyclic) bond motifs is 1. The van der Waals surface area contributed by atoms with Gasteiger partial charge in [0, 0.05) is 31.0 Å². The first-order valence-corrected chi connectivity index (χ1v) is 13.7. The fourth-order valence-corrected chi connectivity index (χ4v) is 4.96. The topological polar surface area (TPSA) is 118 Å². The Morgan fingerprint density at radius 1 is 1.09 bits per heavy atom. The molecular formula is C24H32N6O3S. The lowest BCUT2D eigenvalue weighted by atomic mass is 10.1. The van der Waals surface area contributed by atoms with Crippen molar-refractivity contribution in [2.24, 2.45) is 0 Å². The first-order valence-electron chi connectivity index (χ1n) is 11.8. The minimum absolute atomic E-state index is 0.215. The first kappa shape index (κ1) is 24.0. The van der Waals surface area contributed by atoms with Crippen LogP contribution in [0.5, 0.6) is 0 Å². The molecular weight excluding hydrogens is 452 g/mol. The van der Waals surface area contributed by atoms with E-state index in [-0.39, 0.29) is 5.91 Å². The molecule has 182 valence electrons. The maximum absolute atomic E-state index is 13.2. The predicted octanol–water partition coefficient (Wildman–Crippen LogP) is 3.89. The van der Waals surface area contributed by atoms with Crippen LogP contribution in [0.1, 0.15) is 61.4 Å². The standard InChI is InChI=1S/C24H32N6O3S/c1-3-30-23-20(16-27-30)22(28-18-8-6-4-5-7-9-18)21(15-25-23)24(31)26-14-17-10-12-19(13-11-17)29-34(2,32)33/h10-13,15-16,18,29H,3-9,14H2,1-2H3,(H,25,28)(H,26,31). The average molecular weight is 485 g/mol. The molecule has 4 rings (SSSR count). The lowest BCUT2D eigenvalue weighted by molar-refractivity contribution is 0.0951. The number of amides is 1. The highest BCUT2D eigenvalue weighted by Gasteiger charge is 2.21. The van der Waals surface area contributed by atoms with Crippen LogP contribution in [0.25, 0.3) is 11.0 Å². The number of nitrogens with one attached hydrogen (secondary N) is 3. The molecule has 0 radical (unpaired) electrons. The van der Waals surface area contributed by atoms with Gasteiger partial charge in [-0.1, -0.05) is 37.8 Å². The number of carbonyl (C=O) groups excluding carboxylic acids is 1. The van der Waals surface area contributed by atoms with Crippen LogP contribution in [0.2, 0.25) is 0 Å². The van der Waals surface area contributed by atoms with Crippen LogP contribution in [0, 0.1) is 0 Å². The molecule has 2 heterocycles. The van der Waals surface area contributed by atoms with E-state index in [1.165, 1.54) is 25.7 Å². The summed E-state index contributed by atoms with van der Waals surface area (Å²) in [7, 11) is -3.33. The number of sulfonamides is 1. The van der Waals surface area contributed by atoms with E-state index in [4.69, 9.17) is 0 Å². The van der Waals surface area contributed by atoms with E-state index in [0.717, 1.165) is 41.4 Å². The molecule has 0 unspecified atom stereocenters. The van der Waals surface area contributed by atoms with Crippen LogP contribution in [0.4, 0.5) is 11.4 Å². The smallest absolute Gasteiger partial charge is 0.255 e.